The molecule has 86 valence electrons. The summed E-state index contributed by atoms with van der Waals surface area (Å²) in [5.41, 5.74) is -1.45. The Bertz CT molecular complexity index is 351. The Morgan fingerprint density at radius 3 is 2.07 bits per heavy atom. The van der Waals surface area contributed by atoms with Crippen LogP contribution in [0.5, 0.6) is 0 Å². The van der Waals surface area contributed by atoms with Crippen LogP contribution in [0.15, 0.2) is 6.07 Å². The molecule has 1 heterocycles. The van der Waals surface area contributed by atoms with Gasteiger partial charge in [0.05, 0.1) is 0 Å². The van der Waals surface area contributed by atoms with Crippen LogP contribution < -0.4 is 0 Å². The van der Waals surface area contributed by atoms with E-state index in [9.17, 15) is 26.3 Å². The van der Waals surface area contributed by atoms with Gasteiger partial charge in [-0.25, -0.2) is 4.68 Å². The third-order valence-corrected chi connectivity index (χ3v) is 1.65. The second-order valence-electron chi connectivity index (χ2n) is 2.62. The number of alkyl halides is 6. The van der Waals surface area contributed by atoms with E-state index in [4.69, 9.17) is 11.6 Å². The molecule has 0 saturated heterocycles. The van der Waals surface area contributed by atoms with Crippen LogP contribution in [-0.2, 0) is 12.7 Å². The minimum Gasteiger partial charge on any atom is -0.244 e. The molecule has 0 spiro atoms. The zero-order chi connectivity index (χ0) is 11.9. The molecular weight excluding hydrogens is 250 g/mol. The molecule has 0 amide bonds. The van der Waals surface area contributed by atoms with E-state index in [2.05, 4.69) is 5.10 Å². The molecule has 1 rings (SSSR count). The first-order chi connectivity index (χ1) is 6.59. The standard InChI is InChI=1S/C6H3ClF6N2/c7-4-1-3(6(11,12)13)14-15(4)2-5(8,9)10/h1H,2H2. The third-order valence-electron chi connectivity index (χ3n) is 1.35. The Labute approximate surface area is 84.4 Å². The van der Waals surface area contributed by atoms with Crippen molar-refractivity contribution < 1.29 is 26.3 Å². The Kier molecular flexibility index (Phi) is 2.90. The molecule has 0 N–H and O–H groups in total. The Morgan fingerprint density at radius 1 is 1.20 bits per heavy atom. The lowest BCUT2D eigenvalue weighted by molar-refractivity contribution is -0.149. The Hall–Kier alpha value is -0.920. The lowest BCUT2D eigenvalue weighted by Gasteiger charge is -2.06. The van der Waals surface area contributed by atoms with Crippen molar-refractivity contribution in [2.75, 3.05) is 0 Å². The van der Waals surface area contributed by atoms with E-state index in [1.54, 1.807) is 0 Å². The molecule has 0 radical (unpaired) electrons. The summed E-state index contributed by atoms with van der Waals surface area (Å²) in [4.78, 5) is 0. The second kappa shape index (κ2) is 3.58. The molecule has 0 fully saturated rings. The van der Waals surface area contributed by atoms with E-state index < -0.39 is 29.7 Å². The van der Waals surface area contributed by atoms with Crippen LogP contribution in [0.2, 0.25) is 5.15 Å². The molecule has 0 aliphatic carbocycles. The van der Waals surface area contributed by atoms with Crippen LogP contribution in [0.4, 0.5) is 26.3 Å². The van der Waals surface area contributed by atoms with Crippen LogP contribution in [0.1, 0.15) is 5.69 Å². The van der Waals surface area contributed by atoms with E-state index in [0.717, 1.165) is 0 Å². The summed E-state index contributed by atoms with van der Waals surface area (Å²) in [6, 6.07) is 0.341. The van der Waals surface area contributed by atoms with Crippen LogP contribution in [0, 0.1) is 0 Å². The van der Waals surface area contributed by atoms with Crippen molar-refractivity contribution in [1.29, 1.82) is 0 Å². The molecule has 1 aromatic heterocycles. The van der Waals surface area contributed by atoms with Gasteiger partial charge in [-0.2, -0.15) is 31.4 Å². The molecule has 2 nitrogen and oxygen atoms in total. The SMILES string of the molecule is FC(F)(F)Cn1nc(C(F)(F)F)cc1Cl. The fourth-order valence-electron chi connectivity index (χ4n) is 0.813. The van der Waals surface area contributed by atoms with Gasteiger partial charge >= 0.3 is 12.4 Å². The maximum Gasteiger partial charge on any atom is 0.435 e. The van der Waals surface area contributed by atoms with Crippen molar-refractivity contribution in [2.24, 2.45) is 0 Å². The normalized spacial score (nSPS) is 13.3. The summed E-state index contributed by atoms with van der Waals surface area (Å²) in [7, 11) is 0. The highest BCUT2D eigenvalue weighted by Crippen LogP contribution is 2.30. The van der Waals surface area contributed by atoms with Gasteiger partial charge in [0.15, 0.2) is 5.69 Å². The predicted octanol–water partition coefficient (Wildman–Crippen LogP) is 3.12. The summed E-state index contributed by atoms with van der Waals surface area (Å²) in [6.07, 6.45) is -9.47. The van der Waals surface area contributed by atoms with Crippen LogP contribution >= 0.6 is 11.6 Å². The molecule has 1 aromatic rings. The third kappa shape index (κ3) is 3.29. The molecule has 0 bridgehead atoms. The molecule has 0 aromatic carbocycles. The number of hydrogen-bond donors (Lipinski definition) is 0. The molecule has 0 saturated carbocycles. The number of halogens is 7. The summed E-state index contributed by atoms with van der Waals surface area (Å²) in [5.74, 6) is 0. The van der Waals surface area contributed by atoms with Crippen molar-refractivity contribution >= 4 is 11.6 Å². The van der Waals surface area contributed by atoms with Crippen LogP contribution in [0.3, 0.4) is 0 Å². The molecule has 15 heavy (non-hydrogen) atoms. The molecule has 0 atom stereocenters. The van der Waals surface area contributed by atoms with Gasteiger partial charge in [0.2, 0.25) is 0 Å². The highest BCUT2D eigenvalue weighted by Gasteiger charge is 2.36. The van der Waals surface area contributed by atoms with Gasteiger partial charge in [0, 0.05) is 6.07 Å². The van der Waals surface area contributed by atoms with Crippen molar-refractivity contribution in [3.8, 4) is 0 Å². The summed E-state index contributed by atoms with van der Waals surface area (Å²) >= 11 is 5.16. The zero-order valence-electron chi connectivity index (χ0n) is 6.82. The topological polar surface area (TPSA) is 17.8 Å². The summed E-state index contributed by atoms with van der Waals surface area (Å²) in [6.45, 7) is -1.65. The van der Waals surface area contributed by atoms with Gasteiger partial charge in [-0.15, -0.1) is 0 Å². The quantitative estimate of drug-likeness (QED) is 0.702. The monoisotopic (exact) mass is 252 g/mol. The fraction of sp³-hybridized carbons (Fsp3) is 0.500. The molecule has 9 heteroatoms. The molecule has 0 aliphatic rings. The zero-order valence-corrected chi connectivity index (χ0v) is 7.58. The van der Waals surface area contributed by atoms with E-state index >= 15 is 0 Å². The average Bonchev–Trinajstić information content (AvgIpc) is 2.27. The number of rotatable bonds is 1. The maximum atomic E-state index is 12.0. The highest BCUT2D eigenvalue weighted by atomic mass is 35.5. The maximum absolute atomic E-state index is 12.0. The minimum absolute atomic E-state index is 0.0460. The first kappa shape index (κ1) is 12.2. The molecule has 0 aliphatic heterocycles. The van der Waals surface area contributed by atoms with Gasteiger partial charge < -0.3 is 0 Å². The van der Waals surface area contributed by atoms with Gasteiger partial charge in [0.1, 0.15) is 11.7 Å². The molecular formula is C6H3ClF6N2. The minimum atomic E-state index is -4.81. The summed E-state index contributed by atoms with van der Waals surface area (Å²) < 4.78 is 71.5. The van der Waals surface area contributed by atoms with Gasteiger partial charge in [0.25, 0.3) is 0 Å². The lowest BCUT2D eigenvalue weighted by Crippen LogP contribution is -2.19. The van der Waals surface area contributed by atoms with E-state index in [1.807, 2.05) is 0 Å². The first-order valence-electron chi connectivity index (χ1n) is 3.47. The smallest absolute Gasteiger partial charge is 0.244 e. The lowest BCUT2D eigenvalue weighted by atomic mass is 10.4. The van der Waals surface area contributed by atoms with Crippen LogP contribution in [0.25, 0.3) is 0 Å². The van der Waals surface area contributed by atoms with E-state index in [1.165, 1.54) is 0 Å². The first-order valence-corrected chi connectivity index (χ1v) is 3.85. The highest BCUT2D eigenvalue weighted by molar-refractivity contribution is 6.29. The predicted molar refractivity (Wildman–Crippen MR) is 38.3 cm³/mol. The van der Waals surface area contributed by atoms with Gasteiger partial charge in [-0.05, 0) is 0 Å². The second-order valence-corrected chi connectivity index (χ2v) is 3.01. The number of hydrogen-bond acceptors (Lipinski definition) is 1. The molecule has 0 unspecified atom stereocenters. The summed E-state index contributed by atoms with van der Waals surface area (Å²) in [5, 5.41) is 2.00. The fourth-order valence-corrected chi connectivity index (χ4v) is 1.01. The van der Waals surface area contributed by atoms with Gasteiger partial charge in [-0.1, -0.05) is 11.6 Å². The van der Waals surface area contributed by atoms with Crippen molar-refractivity contribution in [1.82, 2.24) is 9.78 Å². The van der Waals surface area contributed by atoms with Crippen molar-refractivity contribution in [2.45, 2.75) is 18.9 Å². The Balaban J connectivity index is 2.97. The number of aromatic nitrogens is 2. The Morgan fingerprint density at radius 2 is 1.73 bits per heavy atom. The average molecular weight is 253 g/mol. The van der Waals surface area contributed by atoms with Crippen molar-refractivity contribution in [3.05, 3.63) is 16.9 Å². The largest absolute Gasteiger partial charge is 0.435 e. The number of nitrogens with zero attached hydrogens (tertiary/aromatic N) is 2. The van der Waals surface area contributed by atoms with E-state index in [-0.39, 0.29) is 4.68 Å². The van der Waals surface area contributed by atoms with Gasteiger partial charge in [-0.3, -0.25) is 0 Å². The van der Waals surface area contributed by atoms with E-state index in [0.29, 0.717) is 6.07 Å². The van der Waals surface area contributed by atoms with Crippen LogP contribution in [-0.4, -0.2) is 16.0 Å². The van der Waals surface area contributed by atoms with Crippen molar-refractivity contribution in [3.63, 3.8) is 0 Å².